The molecular formula is C9H12ClNOS. The molecule has 0 bridgehead atoms. The lowest BCUT2D eigenvalue weighted by molar-refractivity contribution is 0.0976. The van der Waals surface area contributed by atoms with E-state index in [0.29, 0.717) is 11.4 Å². The lowest BCUT2D eigenvalue weighted by Gasteiger charge is -2.06. The summed E-state index contributed by atoms with van der Waals surface area (Å²) in [4.78, 5) is 14.2. The highest BCUT2D eigenvalue weighted by Gasteiger charge is 2.08. The molecule has 2 nitrogen and oxygen atoms in total. The molecule has 0 radical (unpaired) electrons. The molecule has 1 aromatic rings. The first kappa shape index (κ1) is 10.7. The van der Waals surface area contributed by atoms with E-state index < -0.39 is 0 Å². The average Bonchev–Trinajstić information content (AvgIpc) is 2.47. The molecule has 0 aromatic carbocycles. The molecule has 0 saturated carbocycles. The lowest BCUT2D eigenvalue weighted by Crippen LogP contribution is -2.16. The number of ketones is 1. The molecule has 0 aliphatic heterocycles. The van der Waals surface area contributed by atoms with Crippen molar-refractivity contribution >= 4 is 28.7 Å². The van der Waals surface area contributed by atoms with Crippen LogP contribution in [0.3, 0.4) is 0 Å². The van der Waals surface area contributed by atoms with Crippen LogP contribution < -0.4 is 0 Å². The Morgan fingerprint density at radius 2 is 2.31 bits per heavy atom. The fourth-order valence-corrected chi connectivity index (χ4v) is 1.95. The Hall–Kier alpha value is -0.380. The van der Waals surface area contributed by atoms with Crippen LogP contribution in [0, 0.1) is 0 Å². The molecule has 0 amide bonds. The SMILES string of the molecule is CN(C)CCC(=O)c1cc(Cl)cs1. The number of thiophene rings is 1. The molecule has 0 atom stereocenters. The van der Waals surface area contributed by atoms with E-state index in [1.54, 1.807) is 11.4 Å². The van der Waals surface area contributed by atoms with Crippen LogP contribution in [-0.2, 0) is 0 Å². The van der Waals surface area contributed by atoms with Gasteiger partial charge in [0.05, 0.1) is 9.90 Å². The van der Waals surface area contributed by atoms with Crippen LogP contribution in [0.15, 0.2) is 11.4 Å². The summed E-state index contributed by atoms with van der Waals surface area (Å²) < 4.78 is 0. The van der Waals surface area contributed by atoms with Crippen LogP contribution in [0.5, 0.6) is 0 Å². The Morgan fingerprint density at radius 3 is 2.77 bits per heavy atom. The lowest BCUT2D eigenvalue weighted by atomic mass is 10.2. The Kier molecular flexibility index (Phi) is 3.90. The number of hydrogen-bond acceptors (Lipinski definition) is 3. The fourth-order valence-electron chi connectivity index (χ4n) is 0.908. The standard InChI is InChI=1S/C9H12ClNOS/c1-11(2)4-3-8(12)9-5-7(10)6-13-9/h5-6H,3-4H2,1-2H3. The summed E-state index contributed by atoms with van der Waals surface area (Å²) in [6.07, 6.45) is 0.559. The highest BCUT2D eigenvalue weighted by molar-refractivity contribution is 7.12. The zero-order chi connectivity index (χ0) is 9.84. The highest BCUT2D eigenvalue weighted by Crippen LogP contribution is 2.20. The van der Waals surface area contributed by atoms with E-state index >= 15 is 0 Å². The molecule has 0 saturated heterocycles. The molecule has 1 aromatic heterocycles. The van der Waals surface area contributed by atoms with E-state index in [0.717, 1.165) is 11.4 Å². The third-order valence-corrected chi connectivity index (χ3v) is 2.95. The van der Waals surface area contributed by atoms with Crippen molar-refractivity contribution in [3.63, 3.8) is 0 Å². The average molecular weight is 218 g/mol. The first-order valence-electron chi connectivity index (χ1n) is 4.01. The second kappa shape index (κ2) is 4.74. The van der Waals surface area contributed by atoms with Crippen LogP contribution in [-0.4, -0.2) is 31.3 Å². The molecule has 0 N–H and O–H groups in total. The second-order valence-electron chi connectivity index (χ2n) is 3.11. The predicted octanol–water partition coefficient (Wildman–Crippen LogP) is 2.54. The van der Waals surface area contributed by atoms with E-state index in [1.165, 1.54) is 11.3 Å². The van der Waals surface area contributed by atoms with E-state index in [9.17, 15) is 4.79 Å². The minimum Gasteiger partial charge on any atom is -0.309 e. The van der Waals surface area contributed by atoms with Gasteiger partial charge in [0.1, 0.15) is 0 Å². The summed E-state index contributed by atoms with van der Waals surface area (Å²) in [6, 6.07) is 1.73. The maximum atomic E-state index is 11.5. The summed E-state index contributed by atoms with van der Waals surface area (Å²) in [5.41, 5.74) is 0. The maximum Gasteiger partial charge on any atom is 0.174 e. The molecule has 0 spiro atoms. The quantitative estimate of drug-likeness (QED) is 0.723. The Morgan fingerprint density at radius 1 is 1.62 bits per heavy atom. The third kappa shape index (κ3) is 3.46. The zero-order valence-corrected chi connectivity index (χ0v) is 9.28. The number of carbonyl (C=O) groups is 1. The van der Waals surface area contributed by atoms with Crippen molar-refractivity contribution in [2.24, 2.45) is 0 Å². The van der Waals surface area contributed by atoms with Crippen LogP contribution in [0.2, 0.25) is 5.02 Å². The van der Waals surface area contributed by atoms with Gasteiger partial charge in [-0.3, -0.25) is 4.79 Å². The molecule has 0 aliphatic carbocycles. The number of halogens is 1. The van der Waals surface area contributed by atoms with Crippen molar-refractivity contribution in [3.05, 3.63) is 21.3 Å². The molecule has 1 rings (SSSR count). The molecule has 0 aliphatic rings. The first-order chi connectivity index (χ1) is 6.09. The van der Waals surface area contributed by atoms with Gasteiger partial charge in [-0.25, -0.2) is 0 Å². The van der Waals surface area contributed by atoms with Gasteiger partial charge in [0.2, 0.25) is 0 Å². The van der Waals surface area contributed by atoms with Gasteiger partial charge < -0.3 is 4.90 Å². The zero-order valence-electron chi connectivity index (χ0n) is 7.71. The molecule has 13 heavy (non-hydrogen) atoms. The van der Waals surface area contributed by atoms with Crippen molar-refractivity contribution in [1.82, 2.24) is 4.90 Å². The van der Waals surface area contributed by atoms with Crippen LogP contribution >= 0.6 is 22.9 Å². The topological polar surface area (TPSA) is 20.3 Å². The van der Waals surface area contributed by atoms with Crippen molar-refractivity contribution < 1.29 is 4.79 Å². The molecule has 0 unspecified atom stereocenters. The van der Waals surface area contributed by atoms with E-state index in [1.807, 2.05) is 19.0 Å². The van der Waals surface area contributed by atoms with Crippen LogP contribution in [0.25, 0.3) is 0 Å². The van der Waals surface area contributed by atoms with Crippen molar-refractivity contribution in [1.29, 1.82) is 0 Å². The normalized spacial score (nSPS) is 10.8. The van der Waals surface area contributed by atoms with E-state index in [-0.39, 0.29) is 5.78 Å². The van der Waals surface area contributed by atoms with Crippen molar-refractivity contribution in [3.8, 4) is 0 Å². The second-order valence-corrected chi connectivity index (χ2v) is 4.45. The molecule has 72 valence electrons. The van der Waals surface area contributed by atoms with Crippen molar-refractivity contribution in [2.75, 3.05) is 20.6 Å². The minimum atomic E-state index is 0.172. The Labute approximate surface area is 87.1 Å². The molecule has 4 heteroatoms. The first-order valence-corrected chi connectivity index (χ1v) is 5.27. The van der Waals surface area contributed by atoms with E-state index in [4.69, 9.17) is 11.6 Å². The smallest absolute Gasteiger partial charge is 0.174 e. The monoisotopic (exact) mass is 217 g/mol. The van der Waals surface area contributed by atoms with Crippen LogP contribution in [0.4, 0.5) is 0 Å². The molecule has 0 fully saturated rings. The number of hydrogen-bond donors (Lipinski definition) is 0. The van der Waals surface area contributed by atoms with Gasteiger partial charge in [0, 0.05) is 18.3 Å². The number of Topliss-reactive ketones (excluding diaryl/α,β-unsaturated/α-hetero) is 1. The largest absolute Gasteiger partial charge is 0.309 e. The summed E-state index contributed by atoms with van der Waals surface area (Å²) in [6.45, 7) is 0.786. The highest BCUT2D eigenvalue weighted by atomic mass is 35.5. The fraction of sp³-hybridized carbons (Fsp3) is 0.444. The Balaban J connectivity index is 2.49. The Bertz CT molecular complexity index is 296. The third-order valence-electron chi connectivity index (χ3n) is 1.63. The number of carbonyl (C=O) groups excluding carboxylic acids is 1. The minimum absolute atomic E-state index is 0.172. The molecular weight excluding hydrogens is 206 g/mol. The summed E-state index contributed by atoms with van der Waals surface area (Å²) in [7, 11) is 3.91. The number of nitrogens with zero attached hydrogens (tertiary/aromatic N) is 1. The maximum absolute atomic E-state index is 11.5. The summed E-state index contributed by atoms with van der Waals surface area (Å²) >= 11 is 7.12. The van der Waals surface area contributed by atoms with Gasteiger partial charge in [-0.05, 0) is 20.2 Å². The predicted molar refractivity (Wildman–Crippen MR) is 56.8 cm³/mol. The number of rotatable bonds is 4. The summed E-state index contributed by atoms with van der Waals surface area (Å²) in [5.74, 6) is 0.172. The van der Waals surface area contributed by atoms with Gasteiger partial charge in [0.15, 0.2) is 5.78 Å². The van der Waals surface area contributed by atoms with Gasteiger partial charge in [0.25, 0.3) is 0 Å². The van der Waals surface area contributed by atoms with Crippen molar-refractivity contribution in [2.45, 2.75) is 6.42 Å². The van der Waals surface area contributed by atoms with Gasteiger partial charge in [-0.1, -0.05) is 11.6 Å². The van der Waals surface area contributed by atoms with Gasteiger partial charge in [-0.15, -0.1) is 11.3 Å². The van der Waals surface area contributed by atoms with Crippen LogP contribution in [0.1, 0.15) is 16.1 Å². The molecule has 1 heterocycles. The van der Waals surface area contributed by atoms with E-state index in [2.05, 4.69) is 0 Å². The van der Waals surface area contributed by atoms with Gasteiger partial charge in [-0.2, -0.15) is 0 Å². The summed E-state index contributed by atoms with van der Waals surface area (Å²) in [5, 5.41) is 2.43. The van der Waals surface area contributed by atoms with Gasteiger partial charge >= 0.3 is 0 Å².